The molecule has 24 heavy (non-hydrogen) atoms. The summed E-state index contributed by atoms with van der Waals surface area (Å²) in [6.07, 6.45) is 2.67. The van der Waals surface area contributed by atoms with Gasteiger partial charge in [-0.25, -0.2) is 17.2 Å². The summed E-state index contributed by atoms with van der Waals surface area (Å²) in [5, 5.41) is -1.08. The van der Waals surface area contributed by atoms with E-state index in [-0.39, 0.29) is 16.9 Å². The van der Waals surface area contributed by atoms with Crippen molar-refractivity contribution in [2.45, 2.75) is 49.7 Å². The van der Waals surface area contributed by atoms with E-state index < -0.39 is 26.7 Å². The molecule has 0 amide bonds. The van der Waals surface area contributed by atoms with Crippen LogP contribution in [0.25, 0.3) is 0 Å². The molecule has 0 radical (unpaired) electrons. The van der Waals surface area contributed by atoms with E-state index in [4.69, 9.17) is 0 Å². The van der Waals surface area contributed by atoms with E-state index in [1.807, 2.05) is 6.92 Å². The Morgan fingerprint density at radius 3 is 2.46 bits per heavy atom. The molecule has 0 aliphatic rings. The second-order valence-corrected chi connectivity index (χ2v) is 8.14. The maximum absolute atomic E-state index is 14.2. The van der Waals surface area contributed by atoms with E-state index in [0.717, 1.165) is 36.6 Å². The summed E-state index contributed by atoms with van der Waals surface area (Å²) in [5.41, 5.74) is 0.718. The van der Waals surface area contributed by atoms with E-state index in [0.29, 0.717) is 6.42 Å². The molecule has 1 unspecified atom stereocenters. The molecule has 1 atom stereocenters. The van der Waals surface area contributed by atoms with Crippen molar-refractivity contribution < 1.29 is 17.2 Å². The van der Waals surface area contributed by atoms with Crippen molar-refractivity contribution in [3.63, 3.8) is 0 Å². The van der Waals surface area contributed by atoms with E-state index in [1.54, 1.807) is 25.1 Å². The van der Waals surface area contributed by atoms with Crippen molar-refractivity contribution in [2.24, 2.45) is 0 Å². The lowest BCUT2D eigenvalue weighted by Crippen LogP contribution is -2.16. The van der Waals surface area contributed by atoms with Gasteiger partial charge in [-0.1, -0.05) is 38.3 Å². The van der Waals surface area contributed by atoms with Crippen LogP contribution in [0.3, 0.4) is 0 Å². The number of halogens is 2. The van der Waals surface area contributed by atoms with Crippen molar-refractivity contribution in [1.29, 1.82) is 0 Å². The molecule has 2 nitrogen and oxygen atoms in total. The van der Waals surface area contributed by atoms with E-state index in [2.05, 4.69) is 0 Å². The highest BCUT2D eigenvalue weighted by atomic mass is 32.2. The first-order valence-corrected chi connectivity index (χ1v) is 9.66. The lowest BCUT2D eigenvalue weighted by molar-refractivity contribution is 0.540. The minimum atomic E-state index is -3.80. The average molecular weight is 352 g/mol. The van der Waals surface area contributed by atoms with Gasteiger partial charge in [0.05, 0.1) is 10.1 Å². The molecular formula is C19H22F2O2S. The topological polar surface area (TPSA) is 34.1 Å². The van der Waals surface area contributed by atoms with E-state index in [1.165, 1.54) is 6.07 Å². The summed E-state index contributed by atoms with van der Waals surface area (Å²) in [7, 11) is -3.80. The first-order chi connectivity index (χ1) is 11.4. The highest BCUT2D eigenvalue weighted by molar-refractivity contribution is 7.91. The van der Waals surface area contributed by atoms with Gasteiger partial charge in [0.15, 0.2) is 9.84 Å². The van der Waals surface area contributed by atoms with Crippen LogP contribution < -0.4 is 0 Å². The number of unbranched alkanes of at least 4 members (excludes halogenated alkanes) is 2. The van der Waals surface area contributed by atoms with Gasteiger partial charge in [0.2, 0.25) is 0 Å². The minimum absolute atomic E-state index is 0.0902. The third-order valence-corrected chi connectivity index (χ3v) is 6.22. The van der Waals surface area contributed by atoms with Crippen LogP contribution in [0.1, 0.15) is 49.0 Å². The standard InChI is InChI=1S/C19H22F2O2S/c1-3-4-5-9-19(17-13-15(20)10-11-18(17)21)24(22,23)16-8-6-7-14(2)12-16/h6-8,10-13,19H,3-5,9H2,1-2H3. The number of hydrogen-bond donors (Lipinski definition) is 0. The summed E-state index contributed by atoms with van der Waals surface area (Å²) in [5.74, 6) is -1.32. The molecule has 2 aromatic carbocycles. The number of benzene rings is 2. The predicted molar refractivity (Wildman–Crippen MR) is 91.6 cm³/mol. The Bertz CT molecular complexity index is 801. The van der Waals surface area contributed by atoms with Gasteiger partial charge in [0.25, 0.3) is 0 Å². The Hall–Kier alpha value is -1.75. The third kappa shape index (κ3) is 4.20. The lowest BCUT2D eigenvalue weighted by atomic mass is 10.0. The van der Waals surface area contributed by atoms with Crippen LogP contribution in [-0.4, -0.2) is 8.42 Å². The molecule has 0 aliphatic carbocycles. The molecule has 130 valence electrons. The molecule has 0 heterocycles. The van der Waals surface area contributed by atoms with E-state index in [9.17, 15) is 17.2 Å². The van der Waals surface area contributed by atoms with Crippen molar-refractivity contribution in [1.82, 2.24) is 0 Å². The summed E-state index contributed by atoms with van der Waals surface area (Å²) in [6.45, 7) is 3.81. The Morgan fingerprint density at radius 2 is 1.79 bits per heavy atom. The van der Waals surface area contributed by atoms with Gasteiger partial charge < -0.3 is 0 Å². The maximum atomic E-state index is 14.2. The largest absolute Gasteiger partial charge is 0.223 e. The Morgan fingerprint density at radius 1 is 1.04 bits per heavy atom. The number of hydrogen-bond acceptors (Lipinski definition) is 2. The molecule has 0 spiro atoms. The quantitative estimate of drug-likeness (QED) is 0.628. The first kappa shape index (κ1) is 18.6. The molecule has 0 aromatic heterocycles. The van der Waals surface area contributed by atoms with Crippen LogP contribution in [0, 0.1) is 18.6 Å². The Balaban J connectivity index is 2.51. The summed E-state index contributed by atoms with van der Waals surface area (Å²) in [4.78, 5) is 0.146. The molecule has 0 N–H and O–H groups in total. The molecule has 0 fully saturated rings. The molecule has 0 bridgehead atoms. The number of sulfone groups is 1. The highest BCUT2D eigenvalue weighted by Gasteiger charge is 2.31. The van der Waals surface area contributed by atoms with Gasteiger partial charge in [-0.15, -0.1) is 0 Å². The SMILES string of the molecule is CCCCCC(c1cc(F)ccc1F)S(=O)(=O)c1cccc(C)c1. The van der Waals surface area contributed by atoms with E-state index >= 15 is 0 Å². The maximum Gasteiger partial charge on any atom is 0.185 e. The van der Waals surface area contributed by atoms with Crippen molar-refractivity contribution in [3.8, 4) is 0 Å². The predicted octanol–water partition coefficient (Wildman–Crippen LogP) is 5.37. The zero-order valence-electron chi connectivity index (χ0n) is 13.9. The van der Waals surface area contributed by atoms with Gasteiger partial charge >= 0.3 is 0 Å². The van der Waals surface area contributed by atoms with Crippen LogP contribution in [0.5, 0.6) is 0 Å². The minimum Gasteiger partial charge on any atom is -0.223 e. The lowest BCUT2D eigenvalue weighted by Gasteiger charge is -2.19. The molecule has 2 aromatic rings. The van der Waals surface area contributed by atoms with Gasteiger partial charge in [0.1, 0.15) is 11.6 Å². The summed E-state index contributed by atoms with van der Waals surface area (Å²) in [6, 6.07) is 9.52. The van der Waals surface area contributed by atoms with Crippen LogP contribution in [0.4, 0.5) is 8.78 Å². The second kappa shape index (κ2) is 7.88. The summed E-state index contributed by atoms with van der Waals surface area (Å²) >= 11 is 0. The van der Waals surface area contributed by atoms with Crippen LogP contribution >= 0.6 is 0 Å². The van der Waals surface area contributed by atoms with Gasteiger partial charge in [0, 0.05) is 5.56 Å². The van der Waals surface area contributed by atoms with Gasteiger partial charge in [-0.3, -0.25) is 0 Å². The molecule has 5 heteroatoms. The monoisotopic (exact) mass is 352 g/mol. The zero-order chi connectivity index (χ0) is 17.7. The fourth-order valence-electron chi connectivity index (χ4n) is 2.78. The molecule has 0 saturated carbocycles. The smallest absolute Gasteiger partial charge is 0.185 e. The molecule has 0 saturated heterocycles. The van der Waals surface area contributed by atoms with Crippen molar-refractivity contribution in [2.75, 3.05) is 0 Å². The van der Waals surface area contributed by atoms with Crippen molar-refractivity contribution >= 4 is 9.84 Å². The fourth-order valence-corrected chi connectivity index (χ4v) is 4.71. The third-order valence-electron chi connectivity index (χ3n) is 4.07. The molecular weight excluding hydrogens is 330 g/mol. The zero-order valence-corrected chi connectivity index (χ0v) is 14.7. The van der Waals surface area contributed by atoms with Crippen LogP contribution in [-0.2, 0) is 9.84 Å². The first-order valence-electron chi connectivity index (χ1n) is 8.11. The average Bonchev–Trinajstić information content (AvgIpc) is 2.54. The number of rotatable bonds is 7. The van der Waals surface area contributed by atoms with Crippen LogP contribution in [0.15, 0.2) is 47.4 Å². The van der Waals surface area contributed by atoms with Crippen LogP contribution in [0.2, 0.25) is 0 Å². The summed E-state index contributed by atoms with van der Waals surface area (Å²) < 4.78 is 53.9. The Kier molecular flexibility index (Phi) is 6.10. The molecule has 0 aliphatic heterocycles. The Labute approximate surface area is 142 Å². The van der Waals surface area contributed by atoms with Gasteiger partial charge in [-0.2, -0.15) is 0 Å². The number of aryl methyl sites for hydroxylation is 1. The van der Waals surface area contributed by atoms with Gasteiger partial charge in [-0.05, 0) is 49.2 Å². The fraction of sp³-hybridized carbons (Fsp3) is 0.368. The normalized spacial score (nSPS) is 13.0. The second-order valence-electron chi connectivity index (χ2n) is 6.01. The molecule has 2 rings (SSSR count). The highest BCUT2D eigenvalue weighted by Crippen LogP contribution is 2.35. The van der Waals surface area contributed by atoms with Crippen molar-refractivity contribution in [3.05, 3.63) is 65.2 Å².